The Kier molecular flexibility index (Phi) is 3.47. The maximum atomic E-state index is 13.4. The van der Waals surface area contributed by atoms with Gasteiger partial charge in [0.05, 0.1) is 11.8 Å². The summed E-state index contributed by atoms with van der Waals surface area (Å²) in [4.78, 5) is 1.72. The first kappa shape index (κ1) is 11.0. The minimum absolute atomic E-state index is 0.242. The van der Waals surface area contributed by atoms with Crippen LogP contribution < -0.4 is 4.90 Å². The maximum absolute atomic E-state index is 13.4. The summed E-state index contributed by atoms with van der Waals surface area (Å²) in [6.45, 7) is 1.69. The van der Waals surface area contributed by atoms with Crippen LogP contribution in [-0.2, 0) is 6.42 Å². The van der Waals surface area contributed by atoms with Crippen molar-refractivity contribution in [1.82, 2.24) is 0 Å². The van der Waals surface area contributed by atoms with Crippen LogP contribution in [0.15, 0.2) is 18.2 Å². The van der Waals surface area contributed by atoms with Gasteiger partial charge in [-0.25, -0.2) is 4.39 Å². The van der Waals surface area contributed by atoms with Gasteiger partial charge in [0.2, 0.25) is 0 Å². The van der Waals surface area contributed by atoms with E-state index in [2.05, 4.69) is 0 Å². The van der Waals surface area contributed by atoms with Crippen molar-refractivity contribution in [3.8, 4) is 0 Å². The smallest absolute Gasteiger partial charge is 0.146 e. The Hall–Kier alpha value is -1.09. The summed E-state index contributed by atoms with van der Waals surface area (Å²) in [5.74, 6) is -0.242. The molecule has 2 nitrogen and oxygen atoms in total. The van der Waals surface area contributed by atoms with E-state index >= 15 is 0 Å². The lowest BCUT2D eigenvalue weighted by Crippen LogP contribution is -2.11. The van der Waals surface area contributed by atoms with Crippen LogP contribution in [0.1, 0.15) is 12.5 Å². The van der Waals surface area contributed by atoms with Crippen molar-refractivity contribution in [1.29, 1.82) is 0 Å². The molecule has 0 aliphatic rings. The highest BCUT2D eigenvalue weighted by molar-refractivity contribution is 5.47. The Morgan fingerprint density at radius 2 is 2.07 bits per heavy atom. The summed E-state index contributed by atoms with van der Waals surface area (Å²) in [6.07, 6.45) is 0.0598. The van der Waals surface area contributed by atoms with Crippen LogP contribution in [0.25, 0.3) is 0 Å². The van der Waals surface area contributed by atoms with Crippen LogP contribution >= 0.6 is 0 Å². The van der Waals surface area contributed by atoms with Gasteiger partial charge in [0.1, 0.15) is 5.82 Å². The number of rotatable bonds is 3. The van der Waals surface area contributed by atoms with Gasteiger partial charge in [0.25, 0.3) is 0 Å². The van der Waals surface area contributed by atoms with E-state index in [0.29, 0.717) is 12.1 Å². The molecule has 0 unspecified atom stereocenters. The average Bonchev–Trinajstić information content (AvgIpc) is 2.01. The number of nitrogens with zero attached hydrogens (tertiary/aromatic N) is 1. The van der Waals surface area contributed by atoms with Gasteiger partial charge >= 0.3 is 0 Å². The summed E-state index contributed by atoms with van der Waals surface area (Å²) in [7, 11) is 3.60. The molecule has 0 radical (unpaired) electrons. The number of benzene rings is 1. The zero-order valence-corrected chi connectivity index (χ0v) is 8.79. The maximum Gasteiger partial charge on any atom is 0.146 e. The van der Waals surface area contributed by atoms with E-state index in [1.807, 2.05) is 6.07 Å². The normalized spacial score (nSPS) is 12.6. The number of aliphatic hydroxyl groups is 1. The molecule has 0 saturated heterocycles. The van der Waals surface area contributed by atoms with Crippen LogP contribution in [0.3, 0.4) is 0 Å². The number of hydrogen-bond acceptors (Lipinski definition) is 2. The molecule has 1 aromatic carbocycles. The van der Waals surface area contributed by atoms with Gasteiger partial charge in [-0.05, 0) is 31.0 Å². The van der Waals surface area contributed by atoms with Crippen LogP contribution in [-0.4, -0.2) is 25.3 Å². The zero-order valence-electron chi connectivity index (χ0n) is 8.79. The van der Waals surface area contributed by atoms with E-state index in [1.54, 1.807) is 32.0 Å². The van der Waals surface area contributed by atoms with Crippen LogP contribution in [0, 0.1) is 5.82 Å². The SMILES string of the molecule is C[C@H](O)Cc1ccc(N(C)C)c(F)c1. The summed E-state index contributed by atoms with van der Waals surface area (Å²) in [6, 6.07) is 5.04. The fourth-order valence-corrected chi connectivity index (χ4v) is 1.38. The molecule has 0 heterocycles. The predicted molar refractivity (Wildman–Crippen MR) is 56.1 cm³/mol. The first-order valence-corrected chi connectivity index (χ1v) is 4.64. The van der Waals surface area contributed by atoms with Gasteiger partial charge in [-0.2, -0.15) is 0 Å². The van der Waals surface area contributed by atoms with Crippen LogP contribution in [0.5, 0.6) is 0 Å². The van der Waals surface area contributed by atoms with Crippen molar-refractivity contribution < 1.29 is 9.50 Å². The first-order valence-electron chi connectivity index (χ1n) is 4.64. The molecule has 3 heteroatoms. The third kappa shape index (κ3) is 2.70. The Labute approximate surface area is 84.0 Å². The lowest BCUT2D eigenvalue weighted by atomic mass is 10.1. The second-order valence-electron chi connectivity index (χ2n) is 3.73. The molecule has 0 aromatic heterocycles. The van der Waals surface area contributed by atoms with Crippen LogP contribution in [0.2, 0.25) is 0 Å². The number of halogens is 1. The highest BCUT2D eigenvalue weighted by Gasteiger charge is 2.06. The van der Waals surface area contributed by atoms with Gasteiger partial charge in [0, 0.05) is 14.1 Å². The molecule has 14 heavy (non-hydrogen) atoms. The standard InChI is InChI=1S/C11H16FNO/c1-8(14)6-9-4-5-11(13(2)3)10(12)7-9/h4-5,7-8,14H,6H2,1-3H3/t8-/m0/s1. The first-order chi connectivity index (χ1) is 6.50. The Bertz CT molecular complexity index is 310. The van der Waals surface area contributed by atoms with E-state index < -0.39 is 6.10 Å². The Morgan fingerprint density at radius 1 is 1.43 bits per heavy atom. The number of aliphatic hydroxyl groups excluding tert-OH is 1. The molecule has 0 bridgehead atoms. The quantitative estimate of drug-likeness (QED) is 0.799. The molecule has 0 amide bonds. The second-order valence-corrected chi connectivity index (χ2v) is 3.73. The van der Waals surface area contributed by atoms with Gasteiger partial charge in [-0.3, -0.25) is 0 Å². The minimum Gasteiger partial charge on any atom is -0.393 e. The third-order valence-electron chi connectivity index (χ3n) is 2.03. The van der Waals surface area contributed by atoms with Crippen molar-refractivity contribution >= 4 is 5.69 Å². The van der Waals surface area contributed by atoms with E-state index in [9.17, 15) is 4.39 Å². The molecule has 0 aliphatic heterocycles. The largest absolute Gasteiger partial charge is 0.393 e. The molecule has 0 saturated carbocycles. The fraction of sp³-hybridized carbons (Fsp3) is 0.455. The van der Waals surface area contributed by atoms with E-state index in [-0.39, 0.29) is 5.82 Å². The number of anilines is 1. The molecular weight excluding hydrogens is 181 g/mol. The van der Waals surface area contributed by atoms with Crippen LogP contribution in [0.4, 0.5) is 10.1 Å². The molecule has 1 atom stereocenters. The molecule has 1 aromatic rings. The highest BCUT2D eigenvalue weighted by Crippen LogP contribution is 2.18. The lowest BCUT2D eigenvalue weighted by Gasteiger charge is -2.14. The van der Waals surface area contributed by atoms with Crippen molar-refractivity contribution in [2.24, 2.45) is 0 Å². The van der Waals surface area contributed by atoms with Gasteiger partial charge in [-0.15, -0.1) is 0 Å². The Balaban J connectivity index is 2.89. The van der Waals surface area contributed by atoms with Gasteiger partial charge in [0.15, 0.2) is 0 Å². The summed E-state index contributed by atoms with van der Waals surface area (Å²) in [5.41, 5.74) is 1.39. The van der Waals surface area contributed by atoms with Gasteiger partial charge < -0.3 is 10.0 Å². The lowest BCUT2D eigenvalue weighted by molar-refractivity contribution is 0.195. The summed E-state index contributed by atoms with van der Waals surface area (Å²) >= 11 is 0. The molecular formula is C11H16FNO. The van der Waals surface area contributed by atoms with Crippen molar-refractivity contribution in [3.63, 3.8) is 0 Å². The molecule has 0 aliphatic carbocycles. The molecule has 0 spiro atoms. The molecule has 0 fully saturated rings. The molecule has 1 rings (SSSR count). The molecule has 1 N–H and O–H groups in total. The van der Waals surface area contributed by atoms with E-state index in [1.165, 1.54) is 6.07 Å². The second kappa shape index (κ2) is 4.42. The predicted octanol–water partition coefficient (Wildman–Crippen LogP) is 1.81. The zero-order chi connectivity index (χ0) is 10.7. The van der Waals surface area contributed by atoms with E-state index in [4.69, 9.17) is 5.11 Å². The fourth-order valence-electron chi connectivity index (χ4n) is 1.38. The highest BCUT2D eigenvalue weighted by atomic mass is 19.1. The van der Waals surface area contributed by atoms with E-state index in [0.717, 1.165) is 5.56 Å². The minimum atomic E-state index is -0.431. The Morgan fingerprint density at radius 3 is 2.50 bits per heavy atom. The summed E-state index contributed by atoms with van der Waals surface area (Å²) in [5, 5.41) is 9.14. The molecule has 78 valence electrons. The third-order valence-corrected chi connectivity index (χ3v) is 2.03. The average molecular weight is 197 g/mol. The topological polar surface area (TPSA) is 23.5 Å². The number of hydrogen-bond donors (Lipinski definition) is 1. The van der Waals surface area contributed by atoms with Crippen molar-refractivity contribution in [2.45, 2.75) is 19.4 Å². The van der Waals surface area contributed by atoms with Gasteiger partial charge in [-0.1, -0.05) is 6.07 Å². The monoisotopic (exact) mass is 197 g/mol. The van der Waals surface area contributed by atoms with Crippen molar-refractivity contribution in [2.75, 3.05) is 19.0 Å². The summed E-state index contributed by atoms with van der Waals surface area (Å²) < 4.78 is 13.4. The van der Waals surface area contributed by atoms with Crippen molar-refractivity contribution in [3.05, 3.63) is 29.6 Å².